The Morgan fingerprint density at radius 3 is 2.21 bits per heavy atom. The molecule has 28 heavy (non-hydrogen) atoms. The summed E-state index contributed by atoms with van der Waals surface area (Å²) >= 11 is 0. The van der Waals surface area contributed by atoms with Gasteiger partial charge in [0.15, 0.2) is 0 Å². The molecule has 142 valence electrons. The van der Waals surface area contributed by atoms with Crippen molar-refractivity contribution < 1.29 is 9.53 Å². The minimum Gasteiger partial charge on any atom is -0.379 e. The molecule has 0 atom stereocenters. The standard InChI is InChI=1S/C24H24N2O2/c27-24(21-12-10-20(11-13-21)19-6-2-1-3-7-19)25-23-9-5-4-8-22(23)18-26-14-16-28-17-15-26/h1-13H,14-18H2,(H,25,27). The van der Waals surface area contributed by atoms with Crippen LogP contribution in [-0.4, -0.2) is 37.1 Å². The molecule has 4 rings (SSSR count). The first-order chi connectivity index (χ1) is 13.8. The maximum atomic E-state index is 12.8. The quantitative estimate of drug-likeness (QED) is 0.720. The van der Waals surface area contributed by atoms with Crippen LogP contribution in [0.1, 0.15) is 15.9 Å². The van der Waals surface area contributed by atoms with Gasteiger partial charge in [-0.05, 0) is 34.9 Å². The van der Waals surface area contributed by atoms with Gasteiger partial charge in [-0.3, -0.25) is 9.69 Å². The van der Waals surface area contributed by atoms with Crippen molar-refractivity contribution in [3.05, 3.63) is 90.0 Å². The highest BCUT2D eigenvalue weighted by Crippen LogP contribution is 2.21. The van der Waals surface area contributed by atoms with Crippen LogP contribution in [0.3, 0.4) is 0 Å². The Morgan fingerprint density at radius 1 is 0.821 bits per heavy atom. The van der Waals surface area contributed by atoms with Crippen LogP contribution < -0.4 is 5.32 Å². The number of hydrogen-bond acceptors (Lipinski definition) is 3. The van der Waals surface area contributed by atoms with E-state index in [2.05, 4.69) is 28.4 Å². The number of carbonyl (C=O) groups excluding carboxylic acids is 1. The fourth-order valence-electron chi connectivity index (χ4n) is 3.42. The monoisotopic (exact) mass is 372 g/mol. The number of hydrogen-bond donors (Lipinski definition) is 1. The highest BCUT2D eigenvalue weighted by Gasteiger charge is 2.14. The van der Waals surface area contributed by atoms with Crippen LogP contribution in [-0.2, 0) is 11.3 Å². The molecule has 3 aromatic carbocycles. The lowest BCUT2D eigenvalue weighted by atomic mass is 10.0. The van der Waals surface area contributed by atoms with Crippen LogP contribution >= 0.6 is 0 Å². The number of rotatable bonds is 5. The molecule has 3 aromatic rings. The molecule has 4 heteroatoms. The van der Waals surface area contributed by atoms with E-state index in [0.29, 0.717) is 5.56 Å². The van der Waals surface area contributed by atoms with Crippen LogP contribution in [0.25, 0.3) is 11.1 Å². The number of nitrogens with zero attached hydrogens (tertiary/aromatic N) is 1. The van der Waals surface area contributed by atoms with Crippen LogP contribution in [0, 0.1) is 0 Å². The maximum Gasteiger partial charge on any atom is 0.255 e. The fraction of sp³-hybridized carbons (Fsp3) is 0.208. The van der Waals surface area contributed by atoms with E-state index in [1.807, 2.05) is 60.7 Å². The number of benzene rings is 3. The summed E-state index contributed by atoms with van der Waals surface area (Å²) in [5.74, 6) is -0.0889. The summed E-state index contributed by atoms with van der Waals surface area (Å²) in [6.07, 6.45) is 0. The molecule has 1 saturated heterocycles. The van der Waals surface area contributed by atoms with Crippen LogP contribution in [0.15, 0.2) is 78.9 Å². The molecule has 4 nitrogen and oxygen atoms in total. The summed E-state index contributed by atoms with van der Waals surface area (Å²) in [5.41, 5.74) is 4.89. The van der Waals surface area contributed by atoms with Crippen LogP contribution in [0.5, 0.6) is 0 Å². The zero-order valence-corrected chi connectivity index (χ0v) is 15.8. The SMILES string of the molecule is O=C(Nc1ccccc1CN1CCOCC1)c1ccc(-c2ccccc2)cc1. The van der Waals surface area contributed by atoms with E-state index in [-0.39, 0.29) is 5.91 Å². The van der Waals surface area contributed by atoms with Gasteiger partial charge in [-0.2, -0.15) is 0 Å². The zero-order chi connectivity index (χ0) is 19.2. The summed E-state index contributed by atoms with van der Waals surface area (Å²) in [4.78, 5) is 15.1. The Balaban J connectivity index is 1.46. The second-order valence-corrected chi connectivity index (χ2v) is 6.94. The number of morpholine rings is 1. The maximum absolute atomic E-state index is 12.8. The van der Waals surface area contributed by atoms with E-state index < -0.39 is 0 Å². The molecule has 1 aliphatic heterocycles. The van der Waals surface area contributed by atoms with Gasteiger partial charge in [-0.1, -0.05) is 60.7 Å². The predicted molar refractivity (Wildman–Crippen MR) is 112 cm³/mol. The number of para-hydroxylation sites is 1. The second-order valence-electron chi connectivity index (χ2n) is 6.94. The van der Waals surface area contributed by atoms with E-state index >= 15 is 0 Å². The van der Waals surface area contributed by atoms with E-state index in [0.717, 1.165) is 55.2 Å². The lowest BCUT2D eigenvalue weighted by Crippen LogP contribution is -2.35. The van der Waals surface area contributed by atoms with Crippen molar-refractivity contribution in [2.75, 3.05) is 31.6 Å². The second kappa shape index (κ2) is 8.83. The highest BCUT2D eigenvalue weighted by atomic mass is 16.5. The van der Waals surface area contributed by atoms with Gasteiger partial charge in [0.1, 0.15) is 0 Å². The van der Waals surface area contributed by atoms with Crippen molar-refractivity contribution in [2.45, 2.75) is 6.54 Å². The first-order valence-electron chi connectivity index (χ1n) is 9.64. The van der Waals surface area contributed by atoms with Gasteiger partial charge in [0.05, 0.1) is 13.2 Å². The minimum atomic E-state index is -0.0889. The van der Waals surface area contributed by atoms with E-state index in [9.17, 15) is 4.79 Å². The van der Waals surface area contributed by atoms with Crippen molar-refractivity contribution in [1.82, 2.24) is 4.90 Å². The van der Waals surface area contributed by atoms with Crippen molar-refractivity contribution in [2.24, 2.45) is 0 Å². The third-order valence-corrected chi connectivity index (χ3v) is 5.02. The fourth-order valence-corrected chi connectivity index (χ4v) is 3.42. The van der Waals surface area contributed by atoms with E-state index in [4.69, 9.17) is 4.74 Å². The van der Waals surface area contributed by atoms with Crippen molar-refractivity contribution in [1.29, 1.82) is 0 Å². The Kier molecular flexibility index (Phi) is 5.80. The van der Waals surface area contributed by atoms with Gasteiger partial charge in [-0.15, -0.1) is 0 Å². The molecular formula is C24H24N2O2. The van der Waals surface area contributed by atoms with E-state index in [1.165, 1.54) is 0 Å². The lowest BCUT2D eigenvalue weighted by Gasteiger charge is -2.27. The highest BCUT2D eigenvalue weighted by molar-refractivity contribution is 6.04. The van der Waals surface area contributed by atoms with Gasteiger partial charge in [0.2, 0.25) is 0 Å². The van der Waals surface area contributed by atoms with Crippen LogP contribution in [0.4, 0.5) is 5.69 Å². The number of anilines is 1. The van der Waals surface area contributed by atoms with Gasteiger partial charge in [0.25, 0.3) is 5.91 Å². The molecule has 0 unspecified atom stereocenters. The summed E-state index contributed by atoms with van der Waals surface area (Å²) in [6, 6.07) is 25.9. The first-order valence-corrected chi connectivity index (χ1v) is 9.64. The zero-order valence-electron chi connectivity index (χ0n) is 15.8. The van der Waals surface area contributed by atoms with Crippen molar-refractivity contribution >= 4 is 11.6 Å². The molecule has 1 N–H and O–H groups in total. The molecule has 0 aromatic heterocycles. The third kappa shape index (κ3) is 4.47. The predicted octanol–water partition coefficient (Wildman–Crippen LogP) is 4.44. The van der Waals surface area contributed by atoms with Gasteiger partial charge in [0, 0.05) is 30.9 Å². The molecular weight excluding hydrogens is 348 g/mol. The summed E-state index contributed by atoms with van der Waals surface area (Å²) in [6.45, 7) is 4.18. The molecule has 1 fully saturated rings. The van der Waals surface area contributed by atoms with Crippen molar-refractivity contribution in [3.63, 3.8) is 0 Å². The Morgan fingerprint density at radius 2 is 1.46 bits per heavy atom. The topological polar surface area (TPSA) is 41.6 Å². The van der Waals surface area contributed by atoms with Gasteiger partial charge < -0.3 is 10.1 Å². The summed E-state index contributed by atoms with van der Waals surface area (Å²) in [5, 5.41) is 3.08. The number of nitrogens with one attached hydrogen (secondary N) is 1. The van der Waals surface area contributed by atoms with Gasteiger partial charge in [-0.25, -0.2) is 0 Å². The average molecular weight is 372 g/mol. The average Bonchev–Trinajstić information content (AvgIpc) is 2.76. The van der Waals surface area contributed by atoms with Crippen LogP contribution in [0.2, 0.25) is 0 Å². The number of ether oxygens (including phenoxy) is 1. The molecule has 0 aliphatic carbocycles. The summed E-state index contributed by atoms with van der Waals surface area (Å²) in [7, 11) is 0. The molecule has 1 heterocycles. The molecule has 0 bridgehead atoms. The minimum absolute atomic E-state index is 0.0889. The first kappa shape index (κ1) is 18.4. The molecule has 0 spiro atoms. The van der Waals surface area contributed by atoms with E-state index in [1.54, 1.807) is 0 Å². The number of carbonyl (C=O) groups is 1. The lowest BCUT2D eigenvalue weighted by molar-refractivity contribution is 0.0342. The largest absolute Gasteiger partial charge is 0.379 e. The third-order valence-electron chi connectivity index (χ3n) is 5.02. The normalized spacial score (nSPS) is 14.6. The Labute approximate surface area is 165 Å². The smallest absolute Gasteiger partial charge is 0.255 e. The van der Waals surface area contributed by atoms with Gasteiger partial charge >= 0.3 is 0 Å². The molecule has 0 saturated carbocycles. The van der Waals surface area contributed by atoms with Crippen molar-refractivity contribution in [3.8, 4) is 11.1 Å². The Hall–Kier alpha value is -2.95. The molecule has 0 radical (unpaired) electrons. The molecule has 1 aliphatic rings. The molecule has 1 amide bonds. The summed E-state index contributed by atoms with van der Waals surface area (Å²) < 4.78 is 5.42. The Bertz CT molecular complexity index is 917. The number of amides is 1.